The van der Waals surface area contributed by atoms with Crippen LogP contribution in [-0.4, -0.2) is 22.4 Å². The number of amides is 1. The van der Waals surface area contributed by atoms with E-state index in [1.54, 1.807) is 18.3 Å². The molecule has 0 unspecified atom stereocenters. The number of aryl methyl sites for hydroxylation is 1. The molecular formula is C13H12N4OS. The van der Waals surface area contributed by atoms with Crippen LogP contribution in [0.5, 0.6) is 0 Å². The van der Waals surface area contributed by atoms with Crippen molar-refractivity contribution in [2.75, 3.05) is 11.9 Å². The van der Waals surface area contributed by atoms with E-state index in [4.69, 9.17) is 5.73 Å². The normalized spacial score (nSPS) is 9.58. The summed E-state index contributed by atoms with van der Waals surface area (Å²) in [6.07, 6.45) is 3.14. The first-order valence-corrected chi connectivity index (χ1v) is 6.39. The van der Waals surface area contributed by atoms with Crippen molar-refractivity contribution in [3.63, 3.8) is 0 Å². The Morgan fingerprint density at radius 2 is 2.26 bits per heavy atom. The Bertz CT molecular complexity index is 637. The van der Waals surface area contributed by atoms with E-state index in [9.17, 15) is 4.79 Å². The minimum atomic E-state index is -0.236. The van der Waals surface area contributed by atoms with Crippen molar-refractivity contribution < 1.29 is 4.79 Å². The molecule has 0 radical (unpaired) electrons. The molecule has 0 atom stereocenters. The molecule has 0 aliphatic rings. The fourth-order valence-corrected chi connectivity index (χ4v) is 1.99. The fourth-order valence-electron chi connectivity index (χ4n) is 1.30. The molecule has 0 fully saturated rings. The lowest BCUT2D eigenvalue weighted by Crippen LogP contribution is -2.11. The number of nitrogens with zero attached hydrogens (tertiary/aromatic N) is 2. The molecular weight excluding hydrogens is 260 g/mol. The second-order valence-electron chi connectivity index (χ2n) is 3.68. The first kappa shape index (κ1) is 13.2. The van der Waals surface area contributed by atoms with E-state index >= 15 is 0 Å². The molecule has 96 valence electrons. The van der Waals surface area contributed by atoms with E-state index in [2.05, 4.69) is 27.1 Å². The molecule has 0 bridgehead atoms. The highest BCUT2D eigenvalue weighted by Crippen LogP contribution is 2.17. The van der Waals surface area contributed by atoms with Gasteiger partial charge < -0.3 is 5.73 Å². The van der Waals surface area contributed by atoms with Crippen molar-refractivity contribution in [2.45, 2.75) is 6.92 Å². The number of rotatable bonds is 2. The number of carbonyl (C=O) groups is 1. The van der Waals surface area contributed by atoms with Crippen LogP contribution in [0.25, 0.3) is 0 Å². The zero-order chi connectivity index (χ0) is 13.7. The van der Waals surface area contributed by atoms with Gasteiger partial charge in [-0.25, -0.2) is 4.98 Å². The molecule has 0 saturated carbocycles. The molecule has 0 saturated heterocycles. The Hall–Kier alpha value is -2.23. The van der Waals surface area contributed by atoms with E-state index in [-0.39, 0.29) is 5.91 Å². The van der Waals surface area contributed by atoms with Crippen molar-refractivity contribution in [2.24, 2.45) is 5.73 Å². The summed E-state index contributed by atoms with van der Waals surface area (Å²) in [7, 11) is 0. The summed E-state index contributed by atoms with van der Waals surface area (Å²) in [5.41, 5.74) is 6.65. The van der Waals surface area contributed by atoms with E-state index in [0.717, 1.165) is 10.6 Å². The second kappa shape index (κ2) is 6.09. The van der Waals surface area contributed by atoms with Gasteiger partial charge in [0.05, 0.1) is 23.2 Å². The van der Waals surface area contributed by atoms with Gasteiger partial charge in [-0.3, -0.25) is 15.1 Å². The highest BCUT2D eigenvalue weighted by Gasteiger charge is 2.08. The third kappa shape index (κ3) is 3.61. The number of aromatic nitrogens is 2. The van der Waals surface area contributed by atoms with Crippen LogP contribution >= 0.6 is 11.3 Å². The van der Waals surface area contributed by atoms with Crippen LogP contribution < -0.4 is 11.1 Å². The second-order valence-corrected chi connectivity index (χ2v) is 4.71. The maximum atomic E-state index is 11.9. The maximum absolute atomic E-state index is 11.9. The smallest absolute Gasteiger partial charge is 0.259 e. The highest BCUT2D eigenvalue weighted by atomic mass is 32.1. The Morgan fingerprint density at radius 3 is 2.95 bits per heavy atom. The lowest BCUT2D eigenvalue weighted by Gasteiger charge is -2.00. The molecule has 2 heterocycles. The molecule has 0 aromatic carbocycles. The molecule has 3 N–H and O–H groups in total. The third-order valence-electron chi connectivity index (χ3n) is 2.21. The van der Waals surface area contributed by atoms with Gasteiger partial charge in [-0.15, -0.1) is 0 Å². The van der Waals surface area contributed by atoms with Crippen molar-refractivity contribution >= 4 is 22.4 Å². The number of anilines is 1. The zero-order valence-corrected chi connectivity index (χ0v) is 11.1. The molecule has 2 aromatic rings. The Morgan fingerprint density at radius 1 is 1.42 bits per heavy atom. The van der Waals surface area contributed by atoms with Crippen molar-refractivity contribution in [1.82, 2.24) is 9.97 Å². The van der Waals surface area contributed by atoms with Gasteiger partial charge in [0.25, 0.3) is 5.91 Å². The predicted octanol–water partition coefficient (Wildman–Crippen LogP) is 1.41. The van der Waals surface area contributed by atoms with Crippen molar-refractivity contribution in [3.05, 3.63) is 40.7 Å². The first-order chi connectivity index (χ1) is 9.19. The van der Waals surface area contributed by atoms with Gasteiger partial charge in [-0.05, 0) is 19.1 Å². The average molecular weight is 272 g/mol. The van der Waals surface area contributed by atoms with Crippen molar-refractivity contribution in [3.8, 4) is 11.8 Å². The van der Waals surface area contributed by atoms with Gasteiger partial charge in [-0.2, -0.15) is 0 Å². The molecule has 19 heavy (non-hydrogen) atoms. The topological polar surface area (TPSA) is 80.9 Å². The lowest BCUT2D eigenvalue weighted by molar-refractivity contribution is 0.102. The van der Waals surface area contributed by atoms with Crippen LogP contribution in [-0.2, 0) is 0 Å². The minimum Gasteiger partial charge on any atom is -0.320 e. The van der Waals surface area contributed by atoms with Crippen LogP contribution in [0.4, 0.5) is 5.13 Å². The number of nitrogens with two attached hydrogens (primary N) is 1. The monoisotopic (exact) mass is 272 g/mol. The largest absolute Gasteiger partial charge is 0.320 e. The summed E-state index contributed by atoms with van der Waals surface area (Å²) in [6.45, 7) is 2.17. The van der Waals surface area contributed by atoms with Gasteiger partial charge in [0, 0.05) is 11.9 Å². The number of thiazole rings is 1. The summed E-state index contributed by atoms with van der Waals surface area (Å²) in [6, 6.07) is 3.51. The number of carbonyl (C=O) groups excluding carboxylic acids is 1. The van der Waals surface area contributed by atoms with Crippen molar-refractivity contribution in [1.29, 1.82) is 0 Å². The van der Waals surface area contributed by atoms with Crippen LogP contribution in [0.1, 0.15) is 20.9 Å². The Labute approximate surface area is 114 Å². The van der Waals surface area contributed by atoms with Crippen LogP contribution in [0.3, 0.4) is 0 Å². The number of nitrogens with one attached hydrogen (secondary N) is 1. The summed E-state index contributed by atoms with van der Waals surface area (Å²) in [4.78, 5) is 20.8. The fraction of sp³-hybridized carbons (Fsp3) is 0.154. The molecule has 1 amide bonds. The number of hydrogen-bond acceptors (Lipinski definition) is 5. The van der Waals surface area contributed by atoms with E-state index in [1.807, 2.05) is 6.92 Å². The van der Waals surface area contributed by atoms with Crippen LogP contribution in [0.15, 0.2) is 24.5 Å². The minimum absolute atomic E-state index is 0.236. The quantitative estimate of drug-likeness (QED) is 0.810. The third-order valence-corrected chi connectivity index (χ3v) is 3.04. The highest BCUT2D eigenvalue weighted by molar-refractivity contribution is 7.16. The summed E-state index contributed by atoms with van der Waals surface area (Å²) in [5, 5.41) is 3.21. The summed E-state index contributed by atoms with van der Waals surface area (Å²) in [5.74, 6) is 5.36. The molecule has 0 spiro atoms. The van der Waals surface area contributed by atoms with E-state index in [1.165, 1.54) is 17.5 Å². The molecule has 2 aromatic heterocycles. The average Bonchev–Trinajstić information content (AvgIpc) is 2.84. The van der Waals surface area contributed by atoms with E-state index in [0.29, 0.717) is 17.2 Å². The molecule has 0 aliphatic heterocycles. The van der Waals surface area contributed by atoms with E-state index < -0.39 is 0 Å². The predicted molar refractivity (Wildman–Crippen MR) is 75.0 cm³/mol. The van der Waals surface area contributed by atoms with Crippen LogP contribution in [0, 0.1) is 18.8 Å². The Kier molecular flexibility index (Phi) is 4.23. The molecule has 2 rings (SSSR count). The van der Waals surface area contributed by atoms with Gasteiger partial charge in [0.1, 0.15) is 0 Å². The SMILES string of the molecule is Cc1ccc(C(=O)Nc2ncc(C#CCN)s2)cn1. The molecule has 0 aliphatic carbocycles. The van der Waals surface area contributed by atoms with Gasteiger partial charge in [-0.1, -0.05) is 23.2 Å². The standard InChI is InChI=1S/C13H12N4OS/c1-9-4-5-10(7-15-9)12(18)17-13-16-8-11(19-13)3-2-6-14/h4-5,7-8H,6,14H2,1H3,(H,16,17,18). The van der Waals surface area contributed by atoms with Gasteiger partial charge >= 0.3 is 0 Å². The van der Waals surface area contributed by atoms with Crippen LogP contribution in [0.2, 0.25) is 0 Å². The summed E-state index contributed by atoms with van der Waals surface area (Å²) < 4.78 is 0. The number of hydrogen-bond donors (Lipinski definition) is 2. The molecule has 5 nitrogen and oxygen atoms in total. The first-order valence-electron chi connectivity index (χ1n) is 5.58. The summed E-state index contributed by atoms with van der Waals surface area (Å²) >= 11 is 1.31. The lowest BCUT2D eigenvalue weighted by atomic mass is 10.2. The zero-order valence-electron chi connectivity index (χ0n) is 10.3. The molecule has 6 heteroatoms. The number of pyridine rings is 1. The maximum Gasteiger partial charge on any atom is 0.259 e. The van der Waals surface area contributed by atoms with Gasteiger partial charge in [0.2, 0.25) is 0 Å². The van der Waals surface area contributed by atoms with Gasteiger partial charge in [0.15, 0.2) is 5.13 Å². The Balaban J connectivity index is 2.06.